The molecule has 3 heterocycles. The third-order valence-corrected chi connectivity index (χ3v) is 4.51. The SMILES string of the molecule is CC1(c2noc([C@@H]3Cc4ccccc4CN3)n2)CCCO1. The summed E-state index contributed by atoms with van der Waals surface area (Å²) < 4.78 is 11.3. The van der Waals surface area contributed by atoms with Gasteiger partial charge >= 0.3 is 0 Å². The summed E-state index contributed by atoms with van der Waals surface area (Å²) in [5, 5.41) is 7.62. The van der Waals surface area contributed by atoms with Crippen LogP contribution in [0.1, 0.15) is 48.6 Å². The summed E-state index contributed by atoms with van der Waals surface area (Å²) in [6.07, 6.45) is 2.89. The Hall–Kier alpha value is -1.72. The zero-order chi connectivity index (χ0) is 14.3. The molecule has 1 saturated heterocycles. The first-order valence-corrected chi connectivity index (χ1v) is 7.53. The van der Waals surface area contributed by atoms with E-state index in [1.54, 1.807) is 0 Å². The van der Waals surface area contributed by atoms with Crippen molar-refractivity contribution in [3.05, 3.63) is 47.1 Å². The Bertz CT molecular complexity index is 646. The van der Waals surface area contributed by atoms with Crippen LogP contribution in [0.4, 0.5) is 0 Å². The number of benzene rings is 1. The van der Waals surface area contributed by atoms with Crippen LogP contribution in [0.2, 0.25) is 0 Å². The predicted molar refractivity (Wildman–Crippen MR) is 76.6 cm³/mol. The minimum Gasteiger partial charge on any atom is -0.367 e. The molecule has 1 N–H and O–H groups in total. The largest absolute Gasteiger partial charge is 0.367 e. The second-order valence-electron chi connectivity index (χ2n) is 6.05. The van der Waals surface area contributed by atoms with Crippen molar-refractivity contribution in [2.45, 2.75) is 44.4 Å². The smallest absolute Gasteiger partial charge is 0.244 e. The van der Waals surface area contributed by atoms with E-state index in [2.05, 4.69) is 39.7 Å². The van der Waals surface area contributed by atoms with Crippen LogP contribution < -0.4 is 5.32 Å². The maximum atomic E-state index is 5.78. The van der Waals surface area contributed by atoms with Crippen LogP contribution in [0, 0.1) is 0 Å². The average Bonchev–Trinajstić information content (AvgIpc) is 3.17. The molecule has 1 fully saturated rings. The molecule has 1 aromatic heterocycles. The van der Waals surface area contributed by atoms with Crippen molar-refractivity contribution >= 4 is 0 Å². The average molecular weight is 285 g/mol. The number of hydrogen-bond donors (Lipinski definition) is 1. The standard InChI is InChI=1S/C16H19N3O2/c1-16(7-4-8-20-16)15-18-14(21-19-15)13-9-11-5-2-3-6-12(11)10-17-13/h2-3,5-6,13,17H,4,7-10H2,1H3/t13-,16?/m0/s1. The number of aromatic nitrogens is 2. The Morgan fingerprint density at radius 3 is 2.95 bits per heavy atom. The number of rotatable bonds is 2. The van der Waals surface area contributed by atoms with Crippen molar-refractivity contribution < 1.29 is 9.26 Å². The first-order valence-electron chi connectivity index (χ1n) is 7.53. The molecule has 110 valence electrons. The van der Waals surface area contributed by atoms with Gasteiger partial charge in [0.1, 0.15) is 5.60 Å². The molecule has 1 aromatic carbocycles. The highest BCUT2D eigenvalue weighted by Crippen LogP contribution is 2.34. The Morgan fingerprint density at radius 2 is 2.14 bits per heavy atom. The highest BCUT2D eigenvalue weighted by Gasteiger charge is 2.37. The van der Waals surface area contributed by atoms with Crippen molar-refractivity contribution in [1.29, 1.82) is 0 Å². The molecule has 0 saturated carbocycles. The van der Waals surface area contributed by atoms with Gasteiger partial charge in [-0.3, -0.25) is 0 Å². The Morgan fingerprint density at radius 1 is 1.29 bits per heavy atom. The van der Waals surface area contributed by atoms with Gasteiger partial charge in [-0.1, -0.05) is 29.4 Å². The summed E-state index contributed by atoms with van der Waals surface area (Å²) in [5.41, 5.74) is 2.32. The van der Waals surface area contributed by atoms with Crippen LogP contribution in [0.5, 0.6) is 0 Å². The third kappa shape index (κ3) is 2.26. The molecule has 1 unspecified atom stereocenters. The molecule has 2 aliphatic rings. The second kappa shape index (κ2) is 4.93. The van der Waals surface area contributed by atoms with E-state index in [4.69, 9.17) is 9.26 Å². The van der Waals surface area contributed by atoms with E-state index >= 15 is 0 Å². The van der Waals surface area contributed by atoms with Gasteiger partial charge in [0.25, 0.3) is 0 Å². The lowest BCUT2D eigenvalue weighted by molar-refractivity contribution is 0.00768. The highest BCUT2D eigenvalue weighted by molar-refractivity contribution is 5.30. The predicted octanol–water partition coefficient (Wildman–Crippen LogP) is 2.48. The molecule has 5 nitrogen and oxygen atoms in total. The van der Waals surface area contributed by atoms with Gasteiger partial charge in [-0.2, -0.15) is 4.98 Å². The first kappa shape index (κ1) is 13.0. The normalized spacial score (nSPS) is 28.5. The summed E-state index contributed by atoms with van der Waals surface area (Å²) in [4.78, 5) is 4.60. The lowest BCUT2D eigenvalue weighted by Gasteiger charge is -2.23. The number of nitrogens with zero attached hydrogens (tertiary/aromatic N) is 2. The second-order valence-corrected chi connectivity index (χ2v) is 6.05. The topological polar surface area (TPSA) is 60.2 Å². The zero-order valence-electron chi connectivity index (χ0n) is 12.1. The number of ether oxygens (including phenoxy) is 1. The minimum atomic E-state index is -0.381. The number of hydrogen-bond acceptors (Lipinski definition) is 5. The molecule has 2 aliphatic heterocycles. The summed E-state index contributed by atoms with van der Waals surface area (Å²) in [5.74, 6) is 1.34. The first-order chi connectivity index (χ1) is 10.2. The Labute approximate surface area is 123 Å². The summed E-state index contributed by atoms with van der Waals surface area (Å²) >= 11 is 0. The molecule has 0 radical (unpaired) electrons. The van der Waals surface area contributed by atoms with E-state index < -0.39 is 0 Å². The van der Waals surface area contributed by atoms with Crippen molar-refractivity contribution in [3.8, 4) is 0 Å². The highest BCUT2D eigenvalue weighted by atomic mass is 16.5. The Kier molecular flexibility index (Phi) is 3.05. The molecule has 0 aliphatic carbocycles. The minimum absolute atomic E-state index is 0.0890. The van der Waals surface area contributed by atoms with Gasteiger partial charge in [-0.25, -0.2) is 0 Å². The van der Waals surface area contributed by atoms with Crippen molar-refractivity contribution in [2.24, 2.45) is 0 Å². The molecule has 0 bridgehead atoms. The van der Waals surface area contributed by atoms with E-state index in [0.717, 1.165) is 32.4 Å². The van der Waals surface area contributed by atoms with E-state index in [0.29, 0.717) is 11.7 Å². The van der Waals surface area contributed by atoms with Crippen LogP contribution >= 0.6 is 0 Å². The molecular formula is C16H19N3O2. The van der Waals surface area contributed by atoms with Crippen molar-refractivity contribution in [1.82, 2.24) is 15.5 Å². The molecule has 2 atom stereocenters. The molecule has 4 rings (SSSR count). The van der Waals surface area contributed by atoms with Crippen molar-refractivity contribution in [3.63, 3.8) is 0 Å². The number of fused-ring (bicyclic) bond motifs is 1. The van der Waals surface area contributed by atoms with Gasteiger partial charge in [0, 0.05) is 13.2 Å². The van der Waals surface area contributed by atoms with E-state index in [9.17, 15) is 0 Å². The van der Waals surface area contributed by atoms with Crippen molar-refractivity contribution in [2.75, 3.05) is 6.61 Å². The fraction of sp³-hybridized carbons (Fsp3) is 0.500. The van der Waals surface area contributed by atoms with Gasteiger partial charge in [-0.15, -0.1) is 0 Å². The van der Waals surface area contributed by atoms with E-state index in [1.807, 2.05) is 6.92 Å². The quantitative estimate of drug-likeness (QED) is 0.918. The van der Waals surface area contributed by atoms with Crippen LogP contribution in [-0.4, -0.2) is 16.7 Å². The van der Waals surface area contributed by atoms with Gasteiger partial charge in [-0.05, 0) is 37.3 Å². The molecule has 0 spiro atoms. The van der Waals surface area contributed by atoms with Crippen LogP contribution in [0.3, 0.4) is 0 Å². The van der Waals surface area contributed by atoms with Crippen LogP contribution in [0.15, 0.2) is 28.8 Å². The monoisotopic (exact) mass is 285 g/mol. The van der Waals surface area contributed by atoms with E-state index in [-0.39, 0.29) is 11.6 Å². The van der Waals surface area contributed by atoms with Gasteiger partial charge in [0.2, 0.25) is 11.7 Å². The molecule has 5 heteroatoms. The number of nitrogens with one attached hydrogen (secondary N) is 1. The summed E-state index contributed by atoms with van der Waals surface area (Å²) in [6, 6.07) is 8.57. The lowest BCUT2D eigenvalue weighted by Crippen LogP contribution is -2.29. The maximum absolute atomic E-state index is 5.78. The molecular weight excluding hydrogens is 266 g/mol. The van der Waals surface area contributed by atoms with Crippen LogP contribution in [0.25, 0.3) is 0 Å². The molecule has 2 aromatic rings. The zero-order valence-corrected chi connectivity index (χ0v) is 12.1. The third-order valence-electron chi connectivity index (χ3n) is 4.51. The van der Waals surface area contributed by atoms with E-state index in [1.165, 1.54) is 11.1 Å². The fourth-order valence-corrected chi connectivity index (χ4v) is 3.18. The van der Waals surface area contributed by atoms with Crippen LogP contribution in [-0.2, 0) is 23.3 Å². The maximum Gasteiger partial charge on any atom is 0.244 e. The fourth-order valence-electron chi connectivity index (χ4n) is 3.18. The van der Waals surface area contributed by atoms with Gasteiger partial charge in [0.05, 0.1) is 6.04 Å². The summed E-state index contributed by atoms with van der Waals surface area (Å²) in [6.45, 7) is 3.65. The van der Waals surface area contributed by atoms with Gasteiger partial charge < -0.3 is 14.6 Å². The van der Waals surface area contributed by atoms with Gasteiger partial charge in [0.15, 0.2) is 0 Å². The summed E-state index contributed by atoms with van der Waals surface area (Å²) in [7, 11) is 0. The molecule has 21 heavy (non-hydrogen) atoms. The lowest BCUT2D eigenvalue weighted by atomic mass is 9.96. The Balaban J connectivity index is 1.57. The molecule has 0 amide bonds.